The Labute approximate surface area is 172 Å². The minimum absolute atomic E-state index is 0.0840. The maximum atomic E-state index is 13.9. The molecular weight excluding hydrogens is 367 g/mol. The van der Waals surface area contributed by atoms with Crippen LogP contribution in [0.1, 0.15) is 36.8 Å². The van der Waals surface area contributed by atoms with Crippen LogP contribution in [0, 0.1) is 5.82 Å². The number of carbonyl (C=O) groups is 1. The molecule has 2 aliphatic heterocycles. The summed E-state index contributed by atoms with van der Waals surface area (Å²) in [5.41, 5.74) is 1.92. The zero-order valence-corrected chi connectivity index (χ0v) is 16.8. The average Bonchev–Trinajstić information content (AvgIpc) is 3.22. The third-order valence-corrected chi connectivity index (χ3v) is 6.38. The molecule has 154 valence electrons. The molecule has 5 heteroatoms. The van der Waals surface area contributed by atoms with E-state index in [1.807, 2.05) is 24.3 Å². The molecule has 0 spiro atoms. The second-order valence-corrected chi connectivity index (χ2v) is 8.23. The van der Waals surface area contributed by atoms with E-state index >= 15 is 0 Å². The van der Waals surface area contributed by atoms with Gasteiger partial charge in [0.2, 0.25) is 5.91 Å². The molecular formula is C24H29FN2O2. The average molecular weight is 397 g/mol. The van der Waals surface area contributed by atoms with Gasteiger partial charge in [-0.1, -0.05) is 42.5 Å². The first-order valence-electron chi connectivity index (χ1n) is 10.6. The number of ether oxygens (including phenoxy) is 1. The predicted octanol–water partition coefficient (Wildman–Crippen LogP) is 3.65. The standard InChI is InChI=1S/C24H29FN2O2/c25-21-9-4-8-20(16-21)24(11-14-29-15-12-24)18-26-23(28)22-10-5-13-27(22)17-19-6-2-1-3-7-19/h1-4,6-9,16,22H,5,10-15,17-18H2,(H,26,28). The number of carbonyl (C=O) groups excluding carboxylic acids is 1. The van der Waals surface area contributed by atoms with Crippen molar-refractivity contribution < 1.29 is 13.9 Å². The fraction of sp³-hybridized carbons (Fsp3) is 0.458. The molecule has 2 aromatic rings. The van der Waals surface area contributed by atoms with Crippen LogP contribution in [0.25, 0.3) is 0 Å². The van der Waals surface area contributed by atoms with E-state index in [0.717, 1.165) is 44.3 Å². The molecule has 1 amide bonds. The summed E-state index contributed by atoms with van der Waals surface area (Å²) in [5, 5.41) is 3.21. The van der Waals surface area contributed by atoms with Crippen molar-refractivity contribution in [2.24, 2.45) is 0 Å². The van der Waals surface area contributed by atoms with Crippen LogP contribution >= 0.6 is 0 Å². The van der Waals surface area contributed by atoms with Crippen molar-refractivity contribution in [1.82, 2.24) is 10.2 Å². The first-order valence-corrected chi connectivity index (χ1v) is 10.6. The summed E-state index contributed by atoms with van der Waals surface area (Å²) in [4.78, 5) is 15.3. The Hall–Kier alpha value is -2.24. The van der Waals surface area contributed by atoms with Gasteiger partial charge >= 0.3 is 0 Å². The van der Waals surface area contributed by atoms with Crippen molar-refractivity contribution in [3.8, 4) is 0 Å². The van der Waals surface area contributed by atoms with Crippen LogP contribution in [0.15, 0.2) is 54.6 Å². The van der Waals surface area contributed by atoms with E-state index in [0.29, 0.717) is 19.8 Å². The van der Waals surface area contributed by atoms with Gasteiger partial charge in [0.25, 0.3) is 0 Å². The van der Waals surface area contributed by atoms with E-state index in [2.05, 4.69) is 22.3 Å². The number of rotatable bonds is 6. The second-order valence-electron chi connectivity index (χ2n) is 8.23. The highest BCUT2D eigenvalue weighted by Crippen LogP contribution is 2.35. The SMILES string of the molecule is O=C(NCC1(c2cccc(F)c2)CCOCC1)C1CCCN1Cc1ccccc1. The van der Waals surface area contributed by atoms with Crippen molar-refractivity contribution in [3.63, 3.8) is 0 Å². The number of amides is 1. The van der Waals surface area contributed by atoms with E-state index in [9.17, 15) is 9.18 Å². The highest BCUT2D eigenvalue weighted by molar-refractivity contribution is 5.82. The van der Waals surface area contributed by atoms with Crippen LogP contribution in [0.5, 0.6) is 0 Å². The molecule has 1 N–H and O–H groups in total. The zero-order chi connectivity index (χ0) is 20.1. The van der Waals surface area contributed by atoms with Crippen molar-refractivity contribution in [2.75, 3.05) is 26.3 Å². The monoisotopic (exact) mass is 396 g/mol. The fourth-order valence-electron chi connectivity index (χ4n) is 4.65. The Morgan fingerprint density at radius 1 is 1.14 bits per heavy atom. The summed E-state index contributed by atoms with van der Waals surface area (Å²) < 4.78 is 19.4. The maximum absolute atomic E-state index is 13.9. The third kappa shape index (κ3) is 4.68. The second kappa shape index (κ2) is 9.06. The minimum Gasteiger partial charge on any atom is -0.381 e. The molecule has 2 heterocycles. The van der Waals surface area contributed by atoms with Crippen LogP contribution in [0.2, 0.25) is 0 Å². The molecule has 2 aromatic carbocycles. The summed E-state index contributed by atoms with van der Waals surface area (Å²) in [6, 6.07) is 17.0. The molecule has 0 bridgehead atoms. The molecule has 2 aliphatic rings. The highest BCUT2D eigenvalue weighted by Gasteiger charge is 2.37. The summed E-state index contributed by atoms with van der Waals surface area (Å²) in [6.07, 6.45) is 3.49. The highest BCUT2D eigenvalue weighted by atomic mass is 19.1. The number of nitrogens with zero attached hydrogens (tertiary/aromatic N) is 1. The van der Waals surface area contributed by atoms with E-state index in [1.165, 1.54) is 11.6 Å². The van der Waals surface area contributed by atoms with Gasteiger partial charge in [0.05, 0.1) is 6.04 Å². The molecule has 1 unspecified atom stereocenters. The first-order chi connectivity index (χ1) is 14.2. The van der Waals surface area contributed by atoms with Crippen molar-refractivity contribution in [2.45, 2.75) is 43.7 Å². The zero-order valence-electron chi connectivity index (χ0n) is 16.8. The van der Waals surface area contributed by atoms with Gasteiger partial charge in [-0.25, -0.2) is 4.39 Å². The van der Waals surface area contributed by atoms with E-state index in [1.54, 1.807) is 12.1 Å². The third-order valence-electron chi connectivity index (χ3n) is 6.38. The smallest absolute Gasteiger partial charge is 0.237 e. The molecule has 2 fully saturated rings. The molecule has 4 nitrogen and oxygen atoms in total. The molecule has 29 heavy (non-hydrogen) atoms. The van der Waals surface area contributed by atoms with Crippen molar-refractivity contribution >= 4 is 5.91 Å². The minimum atomic E-state index is -0.265. The van der Waals surface area contributed by atoms with Crippen LogP contribution < -0.4 is 5.32 Å². The van der Waals surface area contributed by atoms with Gasteiger partial charge < -0.3 is 10.1 Å². The lowest BCUT2D eigenvalue weighted by molar-refractivity contribution is -0.126. The van der Waals surface area contributed by atoms with Gasteiger partial charge in [-0.3, -0.25) is 9.69 Å². The fourth-order valence-corrected chi connectivity index (χ4v) is 4.65. The Kier molecular flexibility index (Phi) is 6.26. The van der Waals surface area contributed by atoms with Gasteiger partial charge in [-0.2, -0.15) is 0 Å². The molecule has 0 saturated carbocycles. The van der Waals surface area contributed by atoms with E-state index in [-0.39, 0.29) is 23.2 Å². The van der Waals surface area contributed by atoms with Crippen molar-refractivity contribution in [3.05, 3.63) is 71.5 Å². The summed E-state index contributed by atoms with van der Waals surface area (Å²) in [7, 11) is 0. The van der Waals surface area contributed by atoms with Crippen molar-refractivity contribution in [1.29, 1.82) is 0 Å². The Morgan fingerprint density at radius 3 is 2.69 bits per heavy atom. The molecule has 2 saturated heterocycles. The van der Waals surface area contributed by atoms with Crippen LogP contribution in [0.4, 0.5) is 4.39 Å². The Bertz CT molecular complexity index is 821. The van der Waals surface area contributed by atoms with Gasteiger partial charge in [0.1, 0.15) is 5.82 Å². The van der Waals surface area contributed by atoms with Gasteiger partial charge in [-0.15, -0.1) is 0 Å². The number of hydrogen-bond acceptors (Lipinski definition) is 3. The molecule has 0 radical (unpaired) electrons. The van der Waals surface area contributed by atoms with Gasteiger partial charge in [0.15, 0.2) is 0 Å². The number of halogens is 1. The molecule has 4 rings (SSSR count). The molecule has 0 aromatic heterocycles. The van der Waals surface area contributed by atoms with Crippen LogP contribution in [-0.2, 0) is 21.5 Å². The number of hydrogen-bond donors (Lipinski definition) is 1. The lowest BCUT2D eigenvalue weighted by Crippen LogP contribution is -2.49. The van der Waals surface area contributed by atoms with E-state index < -0.39 is 0 Å². The molecule has 0 aliphatic carbocycles. The number of nitrogens with one attached hydrogen (secondary N) is 1. The first kappa shape index (κ1) is 20.0. The van der Waals surface area contributed by atoms with Gasteiger partial charge in [-0.05, 0) is 55.5 Å². The number of likely N-dealkylation sites (tertiary alicyclic amines) is 1. The lowest BCUT2D eigenvalue weighted by Gasteiger charge is -2.38. The largest absolute Gasteiger partial charge is 0.381 e. The normalized spacial score (nSPS) is 21.8. The van der Waals surface area contributed by atoms with Crippen LogP contribution in [-0.4, -0.2) is 43.2 Å². The summed E-state index contributed by atoms with van der Waals surface area (Å²) in [6.45, 7) is 3.53. The van der Waals surface area contributed by atoms with Gasteiger partial charge in [0, 0.05) is 31.7 Å². The molecule has 1 atom stereocenters. The van der Waals surface area contributed by atoms with E-state index in [4.69, 9.17) is 4.74 Å². The maximum Gasteiger partial charge on any atom is 0.237 e. The topological polar surface area (TPSA) is 41.6 Å². The summed E-state index contributed by atoms with van der Waals surface area (Å²) >= 11 is 0. The Morgan fingerprint density at radius 2 is 1.93 bits per heavy atom. The Balaban J connectivity index is 1.43. The quantitative estimate of drug-likeness (QED) is 0.810. The van der Waals surface area contributed by atoms with Crippen LogP contribution in [0.3, 0.4) is 0 Å². The number of benzene rings is 2. The predicted molar refractivity (Wildman–Crippen MR) is 111 cm³/mol. The lowest BCUT2D eigenvalue weighted by atomic mass is 9.74. The summed E-state index contributed by atoms with van der Waals surface area (Å²) in [5.74, 6) is -0.148.